The van der Waals surface area contributed by atoms with Crippen LogP contribution < -0.4 is 5.32 Å². The molecule has 0 unspecified atom stereocenters. The number of carbonyl (C=O) groups is 1. The van der Waals surface area contributed by atoms with Gasteiger partial charge in [-0.1, -0.05) is 16.8 Å². The summed E-state index contributed by atoms with van der Waals surface area (Å²) in [6, 6.07) is 5.24. The number of aromatic nitrogens is 2. The first kappa shape index (κ1) is 22.7. The van der Waals surface area contributed by atoms with E-state index in [0.717, 1.165) is 17.7 Å². The summed E-state index contributed by atoms with van der Waals surface area (Å²) in [5.74, 6) is 0.708. The van der Waals surface area contributed by atoms with Crippen LogP contribution in [-0.2, 0) is 17.5 Å². The Morgan fingerprint density at radius 2 is 1.94 bits per heavy atom. The van der Waals surface area contributed by atoms with Gasteiger partial charge >= 0.3 is 6.18 Å². The van der Waals surface area contributed by atoms with Gasteiger partial charge in [0.2, 0.25) is 17.6 Å². The van der Waals surface area contributed by atoms with E-state index >= 15 is 0 Å². The summed E-state index contributed by atoms with van der Waals surface area (Å²) in [7, 11) is 0. The van der Waals surface area contributed by atoms with Gasteiger partial charge in [0, 0.05) is 42.8 Å². The smallest absolute Gasteiger partial charge is 0.338 e. The van der Waals surface area contributed by atoms with Gasteiger partial charge < -0.3 is 9.84 Å². The van der Waals surface area contributed by atoms with Crippen LogP contribution in [0.25, 0.3) is 11.4 Å². The fourth-order valence-electron chi connectivity index (χ4n) is 3.35. The first-order valence-electron chi connectivity index (χ1n) is 9.74. The van der Waals surface area contributed by atoms with Crippen molar-refractivity contribution in [2.75, 3.05) is 38.0 Å². The summed E-state index contributed by atoms with van der Waals surface area (Å²) in [5.41, 5.74) is 0.000756. The molecule has 0 radical (unpaired) electrons. The zero-order valence-corrected chi connectivity index (χ0v) is 18.3. The Morgan fingerprint density at radius 1 is 1.19 bits per heavy atom. The SMILES string of the molecule is O=C(CN1CCN(Cc2nc(-c3ccsc3)no2)CC1)Nc1ccc(Cl)c(C(F)(F)F)c1. The third-order valence-corrected chi connectivity index (χ3v) is 6.01. The van der Waals surface area contributed by atoms with E-state index in [2.05, 4.69) is 20.4 Å². The second-order valence-corrected chi connectivity index (χ2v) is 8.50. The molecule has 1 saturated heterocycles. The van der Waals surface area contributed by atoms with Gasteiger partial charge in [-0.25, -0.2) is 0 Å². The van der Waals surface area contributed by atoms with Gasteiger partial charge in [0.25, 0.3) is 0 Å². The molecule has 1 aliphatic heterocycles. The van der Waals surface area contributed by atoms with Crippen molar-refractivity contribution in [1.82, 2.24) is 19.9 Å². The van der Waals surface area contributed by atoms with Gasteiger partial charge in [0.15, 0.2) is 0 Å². The molecule has 32 heavy (non-hydrogen) atoms. The molecular formula is C20H19ClF3N5O2S. The zero-order valence-electron chi connectivity index (χ0n) is 16.7. The van der Waals surface area contributed by atoms with E-state index in [1.165, 1.54) is 6.07 Å². The lowest BCUT2D eigenvalue weighted by Crippen LogP contribution is -2.48. The highest BCUT2D eigenvalue weighted by Crippen LogP contribution is 2.36. The van der Waals surface area contributed by atoms with E-state index in [9.17, 15) is 18.0 Å². The van der Waals surface area contributed by atoms with Crippen LogP contribution in [0.5, 0.6) is 0 Å². The number of amides is 1. The Labute approximate surface area is 190 Å². The molecule has 7 nitrogen and oxygen atoms in total. The number of thiophene rings is 1. The highest BCUT2D eigenvalue weighted by atomic mass is 35.5. The third-order valence-electron chi connectivity index (χ3n) is 4.99. The molecule has 12 heteroatoms. The fraction of sp³-hybridized carbons (Fsp3) is 0.350. The summed E-state index contributed by atoms with van der Waals surface area (Å²) in [6.07, 6.45) is -4.59. The van der Waals surface area contributed by atoms with Crippen LogP contribution in [0, 0.1) is 0 Å². The van der Waals surface area contributed by atoms with E-state index in [4.69, 9.17) is 16.1 Å². The Morgan fingerprint density at radius 3 is 2.62 bits per heavy atom. The lowest BCUT2D eigenvalue weighted by molar-refractivity contribution is -0.137. The summed E-state index contributed by atoms with van der Waals surface area (Å²) < 4.78 is 44.3. The minimum Gasteiger partial charge on any atom is -0.338 e. The maximum Gasteiger partial charge on any atom is 0.417 e. The minimum absolute atomic E-state index is 0.0585. The zero-order chi connectivity index (χ0) is 22.7. The first-order valence-corrected chi connectivity index (χ1v) is 11.1. The molecule has 0 atom stereocenters. The average Bonchev–Trinajstić information content (AvgIpc) is 3.42. The number of rotatable bonds is 6. The number of benzene rings is 1. The highest BCUT2D eigenvalue weighted by molar-refractivity contribution is 7.08. The molecule has 2 aromatic heterocycles. The Bertz CT molecular complexity index is 1070. The van der Waals surface area contributed by atoms with Crippen molar-refractivity contribution < 1.29 is 22.5 Å². The second-order valence-electron chi connectivity index (χ2n) is 7.32. The van der Waals surface area contributed by atoms with Crippen molar-refractivity contribution >= 4 is 34.5 Å². The standard InChI is InChI=1S/C20H19ClF3N5O2S/c21-16-2-1-14(9-15(16)20(22,23)24)25-17(30)10-28-4-6-29(7-5-28)11-18-26-19(27-31-18)13-3-8-32-12-13/h1-3,8-9,12H,4-7,10-11H2,(H,25,30). The molecule has 1 N–H and O–H groups in total. The van der Waals surface area contributed by atoms with Crippen molar-refractivity contribution in [3.05, 3.63) is 51.5 Å². The van der Waals surface area contributed by atoms with E-state index in [1.807, 2.05) is 21.7 Å². The van der Waals surface area contributed by atoms with Gasteiger partial charge in [0.1, 0.15) is 0 Å². The van der Waals surface area contributed by atoms with Gasteiger partial charge in [0.05, 0.1) is 23.7 Å². The van der Waals surface area contributed by atoms with Crippen molar-refractivity contribution in [1.29, 1.82) is 0 Å². The molecule has 1 aromatic carbocycles. The van der Waals surface area contributed by atoms with Gasteiger partial charge in [-0.05, 0) is 29.6 Å². The summed E-state index contributed by atoms with van der Waals surface area (Å²) in [4.78, 5) is 20.8. The Kier molecular flexibility index (Phi) is 6.79. The molecule has 4 rings (SSSR count). The number of piperazine rings is 1. The topological polar surface area (TPSA) is 74.5 Å². The van der Waals surface area contributed by atoms with Crippen molar-refractivity contribution in [2.24, 2.45) is 0 Å². The lowest BCUT2D eigenvalue weighted by atomic mass is 10.2. The molecule has 3 aromatic rings. The molecular weight excluding hydrogens is 467 g/mol. The van der Waals surface area contributed by atoms with Crippen LogP contribution in [0.1, 0.15) is 11.5 Å². The molecule has 3 heterocycles. The van der Waals surface area contributed by atoms with Crippen LogP contribution in [-0.4, -0.2) is 58.6 Å². The number of alkyl halides is 3. The van der Waals surface area contributed by atoms with Crippen LogP contribution in [0.15, 0.2) is 39.5 Å². The van der Waals surface area contributed by atoms with Gasteiger partial charge in [-0.15, -0.1) is 0 Å². The largest absolute Gasteiger partial charge is 0.417 e. The van der Waals surface area contributed by atoms with Crippen LogP contribution in [0.4, 0.5) is 18.9 Å². The number of nitrogens with zero attached hydrogens (tertiary/aromatic N) is 4. The number of hydrogen-bond donors (Lipinski definition) is 1. The van der Waals surface area contributed by atoms with E-state index < -0.39 is 16.8 Å². The van der Waals surface area contributed by atoms with Crippen LogP contribution in [0.2, 0.25) is 5.02 Å². The predicted octanol–water partition coefficient (Wildman–Crippen LogP) is 4.23. The van der Waals surface area contributed by atoms with E-state index in [1.54, 1.807) is 11.3 Å². The maximum atomic E-state index is 13.0. The lowest BCUT2D eigenvalue weighted by Gasteiger charge is -2.33. The van der Waals surface area contributed by atoms with Crippen molar-refractivity contribution in [2.45, 2.75) is 12.7 Å². The van der Waals surface area contributed by atoms with E-state index in [0.29, 0.717) is 44.4 Å². The summed E-state index contributed by atoms with van der Waals surface area (Å²) in [6.45, 7) is 3.26. The summed E-state index contributed by atoms with van der Waals surface area (Å²) >= 11 is 7.17. The number of anilines is 1. The first-order chi connectivity index (χ1) is 15.3. The minimum atomic E-state index is -4.59. The quantitative estimate of drug-likeness (QED) is 0.563. The summed E-state index contributed by atoms with van der Waals surface area (Å²) in [5, 5.41) is 10.00. The monoisotopic (exact) mass is 485 g/mol. The number of carbonyl (C=O) groups excluding carboxylic acids is 1. The molecule has 1 fully saturated rings. The molecule has 0 saturated carbocycles. The van der Waals surface area contributed by atoms with Gasteiger partial charge in [-0.3, -0.25) is 14.6 Å². The number of nitrogens with one attached hydrogen (secondary N) is 1. The van der Waals surface area contributed by atoms with E-state index in [-0.39, 0.29) is 18.1 Å². The molecule has 0 bridgehead atoms. The van der Waals surface area contributed by atoms with Gasteiger partial charge in [-0.2, -0.15) is 29.5 Å². The molecule has 0 aliphatic carbocycles. The average molecular weight is 486 g/mol. The van der Waals surface area contributed by atoms with Crippen molar-refractivity contribution in [3.63, 3.8) is 0 Å². The van der Waals surface area contributed by atoms with Crippen LogP contribution >= 0.6 is 22.9 Å². The number of halogens is 4. The molecule has 1 aliphatic rings. The second kappa shape index (κ2) is 9.57. The highest BCUT2D eigenvalue weighted by Gasteiger charge is 2.33. The Hall–Kier alpha value is -2.47. The predicted molar refractivity (Wildman–Crippen MR) is 114 cm³/mol. The molecule has 170 valence electrons. The normalized spacial score (nSPS) is 15.8. The maximum absolute atomic E-state index is 13.0. The van der Waals surface area contributed by atoms with Crippen LogP contribution in [0.3, 0.4) is 0 Å². The molecule has 0 spiro atoms. The van der Waals surface area contributed by atoms with Crippen molar-refractivity contribution in [3.8, 4) is 11.4 Å². The Balaban J connectivity index is 1.25. The molecule has 1 amide bonds. The fourth-order valence-corrected chi connectivity index (χ4v) is 4.21. The number of hydrogen-bond acceptors (Lipinski definition) is 7. The third kappa shape index (κ3) is 5.66.